The van der Waals surface area contributed by atoms with Crippen molar-refractivity contribution >= 4 is 23.4 Å². The number of hydrogen-bond donors (Lipinski definition) is 1. The maximum absolute atomic E-state index is 13.1. The van der Waals surface area contributed by atoms with Crippen molar-refractivity contribution in [2.45, 2.75) is 25.7 Å². The van der Waals surface area contributed by atoms with Crippen LogP contribution < -0.4 is 9.64 Å². The summed E-state index contributed by atoms with van der Waals surface area (Å²) in [5, 5.41) is 8.93. The van der Waals surface area contributed by atoms with E-state index in [-0.39, 0.29) is 12.5 Å². The van der Waals surface area contributed by atoms with Gasteiger partial charge in [-0.25, -0.2) is 14.5 Å². The minimum atomic E-state index is -0.993. The summed E-state index contributed by atoms with van der Waals surface area (Å²) in [7, 11) is 0. The lowest BCUT2D eigenvalue weighted by molar-refractivity contribution is -0.139. The maximum Gasteiger partial charge on any atom is 0.418 e. The van der Waals surface area contributed by atoms with Crippen LogP contribution in [0, 0.1) is 5.92 Å². The second-order valence-electron chi connectivity index (χ2n) is 8.12. The molecule has 1 amide bonds. The van der Waals surface area contributed by atoms with Gasteiger partial charge in [-0.2, -0.15) is 0 Å². The van der Waals surface area contributed by atoms with Crippen LogP contribution in [0.2, 0.25) is 0 Å². The number of fused-ring (bicyclic) bond motifs is 1. The quantitative estimate of drug-likeness (QED) is 0.478. The molecule has 0 saturated heterocycles. The lowest BCUT2D eigenvalue weighted by atomic mass is 9.97. The molecule has 1 atom stereocenters. The summed E-state index contributed by atoms with van der Waals surface area (Å²) in [4.78, 5) is 25.6. The topological polar surface area (TPSA) is 76.1 Å². The number of para-hydroxylation sites is 2. The number of anilines is 2. The smallest absolute Gasteiger partial charge is 0.418 e. The molecule has 0 heterocycles. The number of hydrogen-bond acceptors (Lipinski definition) is 4. The molecule has 6 nitrogen and oxygen atoms in total. The van der Waals surface area contributed by atoms with Crippen LogP contribution in [0.25, 0.3) is 0 Å². The molecule has 0 spiro atoms. The summed E-state index contributed by atoms with van der Waals surface area (Å²) >= 11 is 0. The van der Waals surface area contributed by atoms with Crippen molar-refractivity contribution in [2.75, 3.05) is 18.1 Å². The third-order valence-corrected chi connectivity index (χ3v) is 5.78. The highest BCUT2D eigenvalue weighted by atomic mass is 16.6. The van der Waals surface area contributed by atoms with Gasteiger partial charge >= 0.3 is 12.1 Å². The van der Waals surface area contributed by atoms with Gasteiger partial charge in [-0.1, -0.05) is 48.5 Å². The van der Waals surface area contributed by atoms with Crippen LogP contribution in [0.4, 0.5) is 16.2 Å². The predicted octanol–water partition coefficient (Wildman–Crippen LogP) is 5.62. The molecule has 0 saturated carbocycles. The number of benzene rings is 3. The Morgan fingerprint density at radius 2 is 1.58 bits per heavy atom. The summed E-state index contributed by atoms with van der Waals surface area (Å²) in [6.45, 7) is -0.0407. The number of carbonyl (C=O) groups excluding carboxylic acids is 1. The number of aliphatic carboxylic acids is 1. The minimum Gasteiger partial charge on any atom is -0.482 e. The Balaban J connectivity index is 1.46. The summed E-state index contributed by atoms with van der Waals surface area (Å²) < 4.78 is 11.3. The summed E-state index contributed by atoms with van der Waals surface area (Å²) in [6.07, 6.45) is 3.00. The molecule has 3 aromatic carbocycles. The van der Waals surface area contributed by atoms with Crippen LogP contribution in [-0.2, 0) is 22.4 Å². The molecule has 33 heavy (non-hydrogen) atoms. The van der Waals surface area contributed by atoms with Gasteiger partial charge < -0.3 is 14.6 Å². The van der Waals surface area contributed by atoms with Crippen molar-refractivity contribution < 1.29 is 24.2 Å². The van der Waals surface area contributed by atoms with Crippen molar-refractivity contribution in [3.8, 4) is 5.75 Å². The average molecular weight is 446 g/mol. The van der Waals surface area contributed by atoms with Gasteiger partial charge in [0.25, 0.3) is 0 Å². The van der Waals surface area contributed by atoms with E-state index in [1.165, 1.54) is 0 Å². The number of carboxylic acid groups (broad SMARTS) is 1. The first-order chi connectivity index (χ1) is 16.1. The molecule has 0 aliphatic heterocycles. The Morgan fingerprint density at radius 3 is 2.21 bits per heavy atom. The van der Waals surface area contributed by atoms with Crippen molar-refractivity contribution in [3.63, 3.8) is 0 Å². The second-order valence-corrected chi connectivity index (χ2v) is 8.12. The van der Waals surface area contributed by atoms with E-state index >= 15 is 0 Å². The maximum atomic E-state index is 13.1. The fourth-order valence-electron chi connectivity index (χ4n) is 4.25. The van der Waals surface area contributed by atoms with Gasteiger partial charge in [0.1, 0.15) is 5.75 Å². The van der Waals surface area contributed by atoms with Crippen molar-refractivity contribution in [1.82, 2.24) is 0 Å². The third kappa shape index (κ3) is 5.71. The van der Waals surface area contributed by atoms with Crippen LogP contribution in [0.15, 0.2) is 78.9 Å². The molecular formula is C27H27NO5. The molecule has 6 heteroatoms. The van der Waals surface area contributed by atoms with Crippen LogP contribution in [0.3, 0.4) is 0 Å². The van der Waals surface area contributed by atoms with Gasteiger partial charge in [0.05, 0.1) is 18.0 Å². The average Bonchev–Trinajstić information content (AvgIpc) is 3.05. The first kappa shape index (κ1) is 22.4. The van der Waals surface area contributed by atoms with E-state index in [9.17, 15) is 9.59 Å². The summed E-state index contributed by atoms with van der Waals surface area (Å²) in [6, 6.07) is 24.7. The van der Waals surface area contributed by atoms with Gasteiger partial charge in [0.2, 0.25) is 0 Å². The first-order valence-corrected chi connectivity index (χ1v) is 11.1. The second kappa shape index (κ2) is 10.7. The molecule has 0 fully saturated rings. The molecule has 4 rings (SSSR count). The number of rotatable bonds is 7. The van der Waals surface area contributed by atoms with Gasteiger partial charge in [-0.05, 0) is 73.1 Å². The molecular weight excluding hydrogens is 418 g/mol. The lowest BCUT2D eigenvalue weighted by Crippen LogP contribution is -2.29. The van der Waals surface area contributed by atoms with E-state index in [2.05, 4.69) is 0 Å². The molecule has 3 aromatic rings. The van der Waals surface area contributed by atoms with E-state index in [0.29, 0.717) is 12.4 Å². The number of ether oxygens (including phenoxy) is 2. The Labute approximate surface area is 193 Å². The van der Waals surface area contributed by atoms with Crippen molar-refractivity contribution in [1.29, 1.82) is 0 Å². The fourth-order valence-corrected chi connectivity index (χ4v) is 4.25. The molecule has 0 bridgehead atoms. The molecule has 1 unspecified atom stereocenters. The van der Waals surface area contributed by atoms with Gasteiger partial charge in [0.15, 0.2) is 6.61 Å². The van der Waals surface area contributed by atoms with E-state index in [0.717, 1.165) is 48.2 Å². The van der Waals surface area contributed by atoms with Crippen LogP contribution in [0.1, 0.15) is 24.0 Å². The zero-order valence-corrected chi connectivity index (χ0v) is 18.4. The Kier molecular flexibility index (Phi) is 7.25. The fraction of sp³-hybridized carbons (Fsp3) is 0.259. The number of carboxylic acids is 1. The van der Waals surface area contributed by atoms with Crippen molar-refractivity contribution in [3.05, 3.63) is 90.0 Å². The minimum absolute atomic E-state index is 0.179. The predicted molar refractivity (Wildman–Crippen MR) is 126 cm³/mol. The van der Waals surface area contributed by atoms with Gasteiger partial charge in [-0.3, -0.25) is 0 Å². The molecule has 0 aromatic heterocycles. The molecule has 1 N–H and O–H groups in total. The molecule has 0 radical (unpaired) electrons. The lowest BCUT2D eigenvalue weighted by Gasteiger charge is -2.24. The summed E-state index contributed by atoms with van der Waals surface area (Å²) in [5.41, 5.74) is 3.68. The van der Waals surface area contributed by atoms with E-state index in [1.807, 2.05) is 78.9 Å². The highest BCUT2D eigenvalue weighted by Gasteiger charge is 2.24. The van der Waals surface area contributed by atoms with E-state index in [1.54, 1.807) is 4.90 Å². The highest BCUT2D eigenvalue weighted by Crippen LogP contribution is 2.32. The molecule has 170 valence electrons. The number of amides is 1. The monoisotopic (exact) mass is 445 g/mol. The normalized spacial score (nSPS) is 15.1. The Morgan fingerprint density at radius 1 is 0.909 bits per heavy atom. The van der Waals surface area contributed by atoms with Crippen LogP contribution >= 0.6 is 0 Å². The third-order valence-electron chi connectivity index (χ3n) is 5.78. The van der Waals surface area contributed by atoms with Crippen LogP contribution in [-0.4, -0.2) is 30.4 Å². The standard InChI is InChI=1S/C27H27NO5/c29-26(30)19-32-25-16-8-10-21-17-20(9-7-15-24(21)25)18-33-27(31)28(22-11-3-1-4-12-22)23-13-5-2-6-14-23/h1-6,8,10-14,16,20H,7,9,15,17-19H2,(H,29,30). The summed E-state index contributed by atoms with van der Waals surface area (Å²) in [5.74, 6) is -0.183. The van der Waals surface area contributed by atoms with Gasteiger partial charge in [0, 0.05) is 0 Å². The number of carbonyl (C=O) groups is 2. The van der Waals surface area contributed by atoms with E-state index < -0.39 is 12.1 Å². The Hall–Kier alpha value is -3.80. The highest BCUT2D eigenvalue weighted by molar-refractivity contribution is 5.95. The SMILES string of the molecule is O=C(O)COc1cccc2c1CCCC(COC(=O)N(c1ccccc1)c1ccccc1)C2. The number of nitrogens with zero attached hydrogens (tertiary/aromatic N) is 1. The molecule has 1 aliphatic rings. The first-order valence-electron chi connectivity index (χ1n) is 11.1. The van der Waals surface area contributed by atoms with Crippen LogP contribution in [0.5, 0.6) is 5.75 Å². The zero-order valence-electron chi connectivity index (χ0n) is 18.4. The Bertz CT molecular complexity index is 1040. The van der Waals surface area contributed by atoms with Gasteiger partial charge in [-0.15, -0.1) is 0 Å². The van der Waals surface area contributed by atoms with Crippen molar-refractivity contribution in [2.24, 2.45) is 5.92 Å². The van der Waals surface area contributed by atoms with E-state index in [4.69, 9.17) is 14.6 Å². The largest absolute Gasteiger partial charge is 0.482 e. The molecule has 1 aliphatic carbocycles. The zero-order chi connectivity index (χ0) is 23.0.